The molecule has 0 saturated heterocycles. The lowest BCUT2D eigenvalue weighted by molar-refractivity contribution is -0.141. The highest BCUT2D eigenvalue weighted by Gasteiger charge is 2.19. The summed E-state index contributed by atoms with van der Waals surface area (Å²) < 4.78 is 1.79. The van der Waals surface area contributed by atoms with Gasteiger partial charge in [-0.05, 0) is 25.5 Å². The van der Waals surface area contributed by atoms with Crippen LogP contribution in [0, 0.1) is 6.92 Å². The molecule has 1 atom stereocenters. The van der Waals surface area contributed by atoms with Crippen LogP contribution in [0.3, 0.4) is 0 Å². The molecular weight excluding hydrogens is 340 g/mol. The van der Waals surface area contributed by atoms with Gasteiger partial charge in [0.25, 0.3) is 0 Å². The van der Waals surface area contributed by atoms with Gasteiger partial charge in [-0.1, -0.05) is 49.2 Å². The molecule has 25 heavy (non-hydrogen) atoms. The summed E-state index contributed by atoms with van der Waals surface area (Å²) in [5, 5.41) is 20.2. The standard InChI is InChI=1S/C17H22N4O3S/c1-3-4-5-14(16(23)24)19-15(22)10-25-17-20-18-11-21(17)13-8-6-12(2)7-9-13/h6-9,11,14H,3-5,10H2,1-2H3,(H,19,22)(H,23,24). The van der Waals surface area contributed by atoms with Crippen LogP contribution < -0.4 is 5.32 Å². The Kier molecular flexibility index (Phi) is 7.00. The molecule has 134 valence electrons. The number of nitrogens with one attached hydrogen (secondary N) is 1. The lowest BCUT2D eigenvalue weighted by atomic mass is 10.1. The zero-order valence-electron chi connectivity index (χ0n) is 14.3. The van der Waals surface area contributed by atoms with E-state index in [-0.39, 0.29) is 11.7 Å². The Morgan fingerprint density at radius 2 is 2.04 bits per heavy atom. The number of rotatable bonds is 9. The average molecular weight is 362 g/mol. The van der Waals surface area contributed by atoms with Crippen LogP contribution in [0.4, 0.5) is 0 Å². The Hall–Kier alpha value is -2.35. The van der Waals surface area contributed by atoms with Crippen LogP contribution in [-0.2, 0) is 9.59 Å². The van der Waals surface area contributed by atoms with Crippen molar-refractivity contribution >= 4 is 23.6 Å². The number of carbonyl (C=O) groups is 2. The molecule has 0 aliphatic rings. The van der Waals surface area contributed by atoms with Crippen LogP contribution in [-0.4, -0.2) is 43.5 Å². The molecule has 1 amide bonds. The number of aliphatic carboxylic acids is 1. The first-order valence-corrected chi connectivity index (χ1v) is 9.12. The summed E-state index contributed by atoms with van der Waals surface area (Å²) in [7, 11) is 0. The number of nitrogens with zero attached hydrogens (tertiary/aromatic N) is 3. The highest BCUT2D eigenvalue weighted by molar-refractivity contribution is 7.99. The number of benzene rings is 1. The van der Waals surface area contributed by atoms with Crippen LogP contribution in [0.5, 0.6) is 0 Å². The first-order chi connectivity index (χ1) is 12.0. The second kappa shape index (κ2) is 9.22. The van der Waals surface area contributed by atoms with E-state index in [1.165, 1.54) is 11.8 Å². The largest absolute Gasteiger partial charge is 0.480 e. The van der Waals surface area contributed by atoms with Gasteiger partial charge >= 0.3 is 5.97 Å². The molecule has 1 aromatic heterocycles. The van der Waals surface area contributed by atoms with E-state index in [0.29, 0.717) is 11.6 Å². The van der Waals surface area contributed by atoms with Crippen LogP contribution in [0.1, 0.15) is 31.7 Å². The van der Waals surface area contributed by atoms with Gasteiger partial charge in [0.2, 0.25) is 5.91 Å². The van der Waals surface area contributed by atoms with E-state index in [4.69, 9.17) is 5.11 Å². The third-order valence-corrected chi connectivity index (χ3v) is 4.58. The van der Waals surface area contributed by atoms with Crippen LogP contribution in [0.2, 0.25) is 0 Å². The van der Waals surface area contributed by atoms with Crippen molar-refractivity contribution in [3.63, 3.8) is 0 Å². The quantitative estimate of drug-likeness (QED) is 0.665. The normalized spacial score (nSPS) is 11.9. The van der Waals surface area contributed by atoms with Crippen molar-refractivity contribution in [2.75, 3.05) is 5.75 Å². The van der Waals surface area contributed by atoms with E-state index in [1.807, 2.05) is 38.1 Å². The molecule has 0 fully saturated rings. The Balaban J connectivity index is 1.95. The number of unbranched alkanes of at least 4 members (excludes halogenated alkanes) is 1. The topological polar surface area (TPSA) is 97.1 Å². The maximum atomic E-state index is 12.1. The number of thioether (sulfide) groups is 1. The molecule has 2 aromatic rings. The smallest absolute Gasteiger partial charge is 0.326 e. The third kappa shape index (κ3) is 5.60. The van der Waals surface area contributed by atoms with Crippen molar-refractivity contribution < 1.29 is 14.7 Å². The third-order valence-electron chi connectivity index (χ3n) is 3.64. The van der Waals surface area contributed by atoms with Gasteiger partial charge in [0.05, 0.1) is 5.75 Å². The average Bonchev–Trinajstić information content (AvgIpc) is 3.05. The maximum Gasteiger partial charge on any atom is 0.326 e. The summed E-state index contributed by atoms with van der Waals surface area (Å²) in [4.78, 5) is 23.2. The van der Waals surface area contributed by atoms with Gasteiger partial charge in [-0.25, -0.2) is 4.79 Å². The number of carboxylic acids is 1. The lowest BCUT2D eigenvalue weighted by Gasteiger charge is -2.13. The number of aryl methyl sites for hydroxylation is 1. The monoisotopic (exact) mass is 362 g/mol. The molecule has 1 aromatic carbocycles. The zero-order valence-corrected chi connectivity index (χ0v) is 15.1. The molecule has 0 aliphatic heterocycles. The van der Waals surface area contributed by atoms with Gasteiger partial charge in [0.1, 0.15) is 12.4 Å². The molecule has 0 spiro atoms. The lowest BCUT2D eigenvalue weighted by Crippen LogP contribution is -2.41. The van der Waals surface area contributed by atoms with Crippen LogP contribution in [0.15, 0.2) is 35.7 Å². The van der Waals surface area contributed by atoms with Gasteiger partial charge in [-0.2, -0.15) is 0 Å². The SMILES string of the molecule is CCCCC(NC(=O)CSc1nncn1-c1ccc(C)cc1)C(=O)O. The highest BCUT2D eigenvalue weighted by atomic mass is 32.2. The molecule has 0 radical (unpaired) electrons. The Labute approximate surface area is 150 Å². The van der Waals surface area contributed by atoms with E-state index in [9.17, 15) is 9.59 Å². The number of hydrogen-bond donors (Lipinski definition) is 2. The summed E-state index contributed by atoms with van der Waals surface area (Å²) in [6.07, 6.45) is 3.66. The van der Waals surface area contributed by atoms with E-state index in [1.54, 1.807) is 10.9 Å². The number of carboxylic acid groups (broad SMARTS) is 1. The van der Waals surface area contributed by atoms with Crippen LogP contribution >= 0.6 is 11.8 Å². The Morgan fingerprint density at radius 3 is 2.68 bits per heavy atom. The molecule has 0 aliphatic carbocycles. The van der Waals surface area contributed by atoms with Crippen molar-refractivity contribution in [2.45, 2.75) is 44.3 Å². The number of amides is 1. The van der Waals surface area contributed by atoms with Gasteiger partial charge in [-0.15, -0.1) is 10.2 Å². The first kappa shape index (κ1) is 19.0. The molecule has 8 heteroatoms. The van der Waals surface area contributed by atoms with Gasteiger partial charge in [0.15, 0.2) is 5.16 Å². The fourth-order valence-electron chi connectivity index (χ4n) is 2.24. The van der Waals surface area contributed by atoms with Crippen molar-refractivity contribution in [2.24, 2.45) is 0 Å². The fraction of sp³-hybridized carbons (Fsp3) is 0.412. The summed E-state index contributed by atoms with van der Waals surface area (Å²) in [6, 6.07) is 7.04. The van der Waals surface area contributed by atoms with E-state index in [0.717, 1.165) is 24.1 Å². The van der Waals surface area contributed by atoms with Gasteiger partial charge in [0, 0.05) is 5.69 Å². The van der Waals surface area contributed by atoms with Crippen molar-refractivity contribution in [1.82, 2.24) is 20.1 Å². The van der Waals surface area contributed by atoms with Crippen LogP contribution in [0.25, 0.3) is 5.69 Å². The number of aromatic nitrogens is 3. The Bertz CT molecular complexity index is 715. The number of hydrogen-bond acceptors (Lipinski definition) is 5. The van der Waals surface area contributed by atoms with Gasteiger partial charge < -0.3 is 10.4 Å². The molecule has 1 unspecified atom stereocenters. The molecule has 0 saturated carbocycles. The van der Waals surface area contributed by atoms with E-state index in [2.05, 4.69) is 15.5 Å². The summed E-state index contributed by atoms with van der Waals surface area (Å²) >= 11 is 1.22. The minimum Gasteiger partial charge on any atom is -0.480 e. The van der Waals surface area contributed by atoms with E-state index < -0.39 is 12.0 Å². The summed E-state index contributed by atoms with van der Waals surface area (Å²) in [5.74, 6) is -1.25. The predicted octanol–water partition coefficient (Wildman–Crippen LogP) is 2.43. The predicted molar refractivity (Wildman–Crippen MR) is 95.9 cm³/mol. The maximum absolute atomic E-state index is 12.1. The van der Waals surface area contributed by atoms with E-state index >= 15 is 0 Å². The Morgan fingerprint density at radius 1 is 1.32 bits per heavy atom. The molecule has 1 heterocycles. The van der Waals surface area contributed by atoms with Crippen molar-refractivity contribution in [3.05, 3.63) is 36.2 Å². The molecule has 0 bridgehead atoms. The minimum absolute atomic E-state index is 0.0838. The second-order valence-corrected chi connectivity index (χ2v) is 6.65. The molecule has 7 nitrogen and oxygen atoms in total. The fourth-order valence-corrected chi connectivity index (χ4v) is 2.98. The van der Waals surface area contributed by atoms with Crippen molar-refractivity contribution in [1.29, 1.82) is 0 Å². The first-order valence-electron chi connectivity index (χ1n) is 8.13. The zero-order chi connectivity index (χ0) is 18.2. The summed E-state index contributed by atoms with van der Waals surface area (Å²) in [6.45, 7) is 3.99. The van der Waals surface area contributed by atoms with Crippen molar-refractivity contribution in [3.8, 4) is 5.69 Å². The minimum atomic E-state index is -1.00. The second-order valence-electron chi connectivity index (χ2n) is 5.71. The molecule has 2 N–H and O–H groups in total. The molecule has 2 rings (SSSR count). The highest BCUT2D eigenvalue weighted by Crippen LogP contribution is 2.19. The molecular formula is C17H22N4O3S. The number of carbonyl (C=O) groups excluding carboxylic acids is 1. The van der Waals surface area contributed by atoms with Gasteiger partial charge in [-0.3, -0.25) is 9.36 Å². The summed E-state index contributed by atoms with van der Waals surface area (Å²) in [5.41, 5.74) is 2.06.